The molecule has 0 fully saturated rings. The molecule has 2 unspecified atom stereocenters. The summed E-state index contributed by atoms with van der Waals surface area (Å²) in [5, 5.41) is 10.7. The van der Waals surface area contributed by atoms with Crippen LogP contribution in [-0.2, 0) is 4.84 Å². The normalized spacial score (nSPS) is 15.8. The number of hydrogen-bond donors (Lipinski definition) is 2. The molecule has 0 aliphatic carbocycles. The second kappa shape index (κ2) is 16.4. The summed E-state index contributed by atoms with van der Waals surface area (Å²) in [6.07, 6.45) is 0.149. The minimum absolute atomic E-state index is 0.204. The van der Waals surface area contributed by atoms with Crippen LogP contribution >= 0.6 is 0 Å². The summed E-state index contributed by atoms with van der Waals surface area (Å²) < 4.78 is 51.2. The van der Waals surface area contributed by atoms with E-state index in [1.165, 1.54) is 0 Å². The average Bonchev–Trinajstić information content (AvgIpc) is 3.70. The van der Waals surface area contributed by atoms with Gasteiger partial charge in [-0.1, -0.05) is 11.2 Å². The number of ether oxygens (including phenoxy) is 9. The van der Waals surface area contributed by atoms with Gasteiger partial charge in [-0.05, 0) is 60.2 Å². The molecule has 2 aliphatic rings. The highest BCUT2D eigenvalue weighted by atomic mass is 16.6. The Bertz CT molecular complexity index is 1960. The van der Waals surface area contributed by atoms with Crippen molar-refractivity contribution in [3.05, 3.63) is 82.9 Å². The quantitative estimate of drug-likeness (QED) is 0.125. The first-order valence-electron chi connectivity index (χ1n) is 16.8. The molecule has 2 atom stereocenters. The largest absolute Gasteiger partial charge is 0.497 e. The van der Waals surface area contributed by atoms with Crippen molar-refractivity contribution in [1.82, 2.24) is 5.32 Å². The zero-order valence-electron chi connectivity index (χ0n) is 30.7. The Labute approximate surface area is 307 Å². The fourth-order valence-electron chi connectivity index (χ4n) is 6.20. The number of methoxy groups -OCH3 is 7. The highest BCUT2D eigenvalue weighted by Gasteiger charge is 2.30. The van der Waals surface area contributed by atoms with E-state index < -0.39 is 12.3 Å². The van der Waals surface area contributed by atoms with Gasteiger partial charge in [-0.25, -0.2) is 0 Å². The lowest BCUT2D eigenvalue weighted by molar-refractivity contribution is 0.0853. The summed E-state index contributed by atoms with van der Waals surface area (Å²) in [6.45, 7) is 0.639. The van der Waals surface area contributed by atoms with E-state index in [2.05, 4.69) is 15.8 Å². The number of carbonyl (C=O) groups excluding carboxylic acids is 1. The Morgan fingerprint density at radius 1 is 0.623 bits per heavy atom. The smallest absolute Gasteiger partial charge is 0.255 e. The van der Waals surface area contributed by atoms with Crippen LogP contribution in [0.25, 0.3) is 0 Å². The summed E-state index contributed by atoms with van der Waals surface area (Å²) in [6, 6.07) is 18.2. The molecule has 2 heterocycles. The van der Waals surface area contributed by atoms with Crippen LogP contribution < -0.4 is 53.3 Å². The maximum Gasteiger partial charge on any atom is 0.255 e. The molecule has 0 aromatic heterocycles. The number of nitrogens with zero attached hydrogens (tertiary/aromatic N) is 1. The Kier molecular flexibility index (Phi) is 11.4. The molecule has 0 spiro atoms. The van der Waals surface area contributed by atoms with Crippen molar-refractivity contribution in [2.24, 2.45) is 5.16 Å². The maximum absolute atomic E-state index is 12.8. The molecular formula is C39H43N3O11. The molecule has 14 nitrogen and oxygen atoms in total. The molecule has 4 aromatic carbocycles. The molecule has 0 radical (unpaired) electrons. The van der Waals surface area contributed by atoms with Gasteiger partial charge in [-0.15, -0.1) is 0 Å². The van der Waals surface area contributed by atoms with Gasteiger partial charge in [0.05, 0.1) is 74.3 Å². The lowest BCUT2D eigenvalue weighted by Gasteiger charge is -2.28. The van der Waals surface area contributed by atoms with Crippen LogP contribution in [-0.4, -0.2) is 74.6 Å². The van der Waals surface area contributed by atoms with Crippen LogP contribution in [0.5, 0.6) is 51.7 Å². The third-order valence-electron chi connectivity index (χ3n) is 8.90. The molecule has 6 rings (SSSR count). The number of carbonyl (C=O) groups is 1. The number of rotatable bonds is 16. The Balaban J connectivity index is 1.08. The van der Waals surface area contributed by atoms with Gasteiger partial charge in [0.15, 0.2) is 40.6 Å². The van der Waals surface area contributed by atoms with Crippen LogP contribution in [0.4, 0.5) is 5.69 Å². The van der Waals surface area contributed by atoms with E-state index in [4.69, 9.17) is 47.5 Å². The minimum atomic E-state index is -0.456. The Morgan fingerprint density at radius 3 is 1.98 bits per heavy atom. The van der Waals surface area contributed by atoms with Crippen molar-refractivity contribution in [2.75, 3.05) is 68.3 Å². The van der Waals surface area contributed by atoms with E-state index in [0.717, 1.165) is 11.1 Å². The van der Waals surface area contributed by atoms with Crippen LogP contribution in [0.3, 0.4) is 0 Å². The van der Waals surface area contributed by atoms with Gasteiger partial charge < -0.3 is 58.1 Å². The molecule has 4 aromatic rings. The third-order valence-corrected chi connectivity index (χ3v) is 8.90. The molecule has 0 bridgehead atoms. The molecule has 2 aliphatic heterocycles. The fourth-order valence-corrected chi connectivity index (χ4v) is 6.20. The minimum Gasteiger partial charge on any atom is -0.497 e. The summed E-state index contributed by atoms with van der Waals surface area (Å²) in [5.41, 5.74) is 4.24. The van der Waals surface area contributed by atoms with Gasteiger partial charge in [0, 0.05) is 29.7 Å². The second-order valence-electron chi connectivity index (χ2n) is 11.9. The highest BCUT2D eigenvalue weighted by molar-refractivity contribution is 6.04. The van der Waals surface area contributed by atoms with Crippen LogP contribution in [0, 0.1) is 0 Å². The topological polar surface area (TPSA) is 146 Å². The predicted octanol–water partition coefficient (Wildman–Crippen LogP) is 6.31. The first-order valence-corrected chi connectivity index (χ1v) is 16.8. The Morgan fingerprint density at radius 2 is 1.30 bits per heavy atom. The summed E-state index contributed by atoms with van der Waals surface area (Å²) >= 11 is 0. The van der Waals surface area contributed by atoms with Crippen molar-refractivity contribution in [1.29, 1.82) is 0 Å². The molecule has 53 heavy (non-hydrogen) atoms. The predicted molar refractivity (Wildman–Crippen MR) is 196 cm³/mol. The van der Waals surface area contributed by atoms with Gasteiger partial charge in [-0.2, -0.15) is 0 Å². The van der Waals surface area contributed by atoms with Crippen molar-refractivity contribution in [2.45, 2.75) is 25.1 Å². The van der Waals surface area contributed by atoms with Crippen LogP contribution in [0.15, 0.2) is 65.8 Å². The molecular weight excluding hydrogens is 686 g/mol. The molecule has 2 N–H and O–H groups in total. The number of nitrogens with one attached hydrogen (secondary N) is 2. The van der Waals surface area contributed by atoms with Gasteiger partial charge in [0.1, 0.15) is 11.9 Å². The van der Waals surface area contributed by atoms with Crippen LogP contribution in [0.1, 0.15) is 52.2 Å². The number of benzene rings is 4. The lowest BCUT2D eigenvalue weighted by Crippen LogP contribution is -2.38. The van der Waals surface area contributed by atoms with Crippen molar-refractivity contribution >= 4 is 17.3 Å². The average molecular weight is 730 g/mol. The maximum atomic E-state index is 12.8. The van der Waals surface area contributed by atoms with Gasteiger partial charge in [-0.3, -0.25) is 4.79 Å². The molecule has 1 amide bonds. The molecule has 0 saturated carbocycles. The van der Waals surface area contributed by atoms with Gasteiger partial charge in [0.2, 0.25) is 11.5 Å². The molecule has 0 saturated heterocycles. The standard InChI is InChI=1S/C39H43N3O11/c1-44-24-10-12-27-26(20-24)39(43)41-38(40-27)22-9-13-29(32(17-22)46-3)51-15-8-16-52-37-30(45-2)14-11-25(35(37)49-6)28-21-31(53-42-28)23-18-33(47-4)36(50-7)34(19-23)48-5/h9-14,17-20,31,38,40H,8,15-16,21H2,1-7H3,(H,41,43). The number of anilines is 1. The zero-order valence-corrected chi connectivity index (χ0v) is 30.7. The molecule has 14 heteroatoms. The number of oxime groups is 1. The van der Waals surface area contributed by atoms with E-state index in [1.54, 1.807) is 61.9 Å². The first-order chi connectivity index (χ1) is 25.8. The number of amides is 1. The van der Waals surface area contributed by atoms with E-state index in [-0.39, 0.29) is 5.91 Å². The number of fused-ring (bicyclic) bond motifs is 1. The van der Waals surface area contributed by atoms with Gasteiger partial charge >= 0.3 is 0 Å². The third kappa shape index (κ3) is 7.57. The van der Waals surface area contributed by atoms with E-state index in [1.807, 2.05) is 48.5 Å². The van der Waals surface area contributed by atoms with Crippen molar-refractivity contribution in [3.8, 4) is 51.7 Å². The zero-order chi connectivity index (χ0) is 37.5. The van der Waals surface area contributed by atoms with Crippen molar-refractivity contribution in [3.63, 3.8) is 0 Å². The highest BCUT2D eigenvalue weighted by Crippen LogP contribution is 2.45. The monoisotopic (exact) mass is 729 g/mol. The second-order valence-corrected chi connectivity index (χ2v) is 11.9. The number of hydrogen-bond acceptors (Lipinski definition) is 13. The first kappa shape index (κ1) is 36.6. The summed E-state index contributed by atoms with van der Waals surface area (Å²) in [4.78, 5) is 18.7. The van der Waals surface area contributed by atoms with E-state index in [0.29, 0.717) is 100 Å². The summed E-state index contributed by atoms with van der Waals surface area (Å²) in [5.74, 6) is 4.46. The van der Waals surface area contributed by atoms with E-state index >= 15 is 0 Å². The van der Waals surface area contributed by atoms with E-state index in [9.17, 15) is 4.79 Å². The summed E-state index contributed by atoms with van der Waals surface area (Å²) in [7, 11) is 11.0. The fraction of sp³-hybridized carbons (Fsp3) is 0.333. The molecule has 280 valence electrons. The van der Waals surface area contributed by atoms with Gasteiger partial charge in [0.25, 0.3) is 5.91 Å². The lowest BCUT2D eigenvalue weighted by atomic mass is 9.98. The van der Waals surface area contributed by atoms with Crippen LogP contribution in [0.2, 0.25) is 0 Å². The Hall–Kier alpha value is -6.18. The SMILES string of the molecule is COc1ccc2c(c1)C(=O)NC(c1ccc(OCCCOc3c(OC)ccc(C4=NOC(c5cc(OC)c(OC)c(OC)c5)C4)c3OC)c(OC)c1)N2. The van der Waals surface area contributed by atoms with Crippen molar-refractivity contribution < 1.29 is 52.3 Å².